The zero-order chi connectivity index (χ0) is 25.5. The fourth-order valence-electron chi connectivity index (χ4n) is 3.55. The highest BCUT2D eigenvalue weighted by atomic mass is 35.5. The van der Waals surface area contributed by atoms with Gasteiger partial charge in [0.15, 0.2) is 11.0 Å². The van der Waals surface area contributed by atoms with Crippen molar-refractivity contribution >= 4 is 52.5 Å². The van der Waals surface area contributed by atoms with E-state index in [1.807, 2.05) is 29.7 Å². The van der Waals surface area contributed by atoms with Gasteiger partial charge >= 0.3 is 0 Å². The molecule has 1 aromatic heterocycles. The van der Waals surface area contributed by atoms with Crippen LogP contribution in [0.2, 0.25) is 10.0 Å². The second-order valence-corrected chi connectivity index (χ2v) is 9.64. The third-order valence-corrected chi connectivity index (χ3v) is 6.82. The van der Waals surface area contributed by atoms with E-state index in [2.05, 4.69) is 34.3 Å². The summed E-state index contributed by atoms with van der Waals surface area (Å²) < 4.78 is 1.82. The van der Waals surface area contributed by atoms with E-state index in [4.69, 9.17) is 23.2 Å². The second-order valence-electron chi connectivity index (χ2n) is 7.86. The minimum atomic E-state index is -0.469. The van der Waals surface area contributed by atoms with Gasteiger partial charge in [0.05, 0.1) is 22.4 Å². The number of amides is 2. The van der Waals surface area contributed by atoms with Crippen molar-refractivity contribution in [1.29, 1.82) is 0 Å². The summed E-state index contributed by atoms with van der Waals surface area (Å²) in [6.45, 7) is 10.1. The number of aryl methyl sites for hydroxylation is 2. The molecule has 2 N–H and O–H groups in total. The summed E-state index contributed by atoms with van der Waals surface area (Å²) in [7, 11) is 0. The number of hydrogen-bond acceptors (Lipinski definition) is 5. The molecule has 0 unspecified atom stereocenters. The number of allylic oxidation sites excluding steroid dienone is 1. The predicted molar refractivity (Wildman–Crippen MR) is 142 cm³/mol. The molecule has 7 nitrogen and oxygen atoms in total. The van der Waals surface area contributed by atoms with E-state index in [1.165, 1.54) is 17.8 Å². The molecule has 0 fully saturated rings. The normalized spacial score (nSPS) is 11.7. The first-order valence-electron chi connectivity index (χ1n) is 11.1. The van der Waals surface area contributed by atoms with Crippen LogP contribution in [-0.2, 0) is 17.8 Å². The molecule has 3 rings (SSSR count). The smallest absolute Gasteiger partial charge is 0.253 e. The third-order valence-electron chi connectivity index (χ3n) is 5.30. The topological polar surface area (TPSA) is 88.9 Å². The molecule has 0 radical (unpaired) electrons. The van der Waals surface area contributed by atoms with Crippen molar-refractivity contribution in [3.05, 3.63) is 81.6 Å². The van der Waals surface area contributed by atoms with Gasteiger partial charge in [-0.15, -0.1) is 16.8 Å². The largest absolute Gasteiger partial charge is 0.342 e. The average molecular weight is 532 g/mol. The number of carbonyl (C=O) groups is 2. The molecule has 3 aromatic rings. The van der Waals surface area contributed by atoms with Gasteiger partial charge in [0.25, 0.3) is 5.91 Å². The van der Waals surface area contributed by atoms with Gasteiger partial charge in [-0.1, -0.05) is 66.2 Å². The molecule has 0 aliphatic carbocycles. The van der Waals surface area contributed by atoms with Gasteiger partial charge in [-0.25, -0.2) is 0 Å². The lowest BCUT2D eigenvalue weighted by Gasteiger charge is -2.16. The molecule has 0 aliphatic heterocycles. The van der Waals surface area contributed by atoms with Crippen molar-refractivity contribution in [2.75, 3.05) is 11.1 Å². The summed E-state index contributed by atoms with van der Waals surface area (Å²) in [6, 6.07) is 10.2. The number of nitrogens with one attached hydrogen (secondary N) is 2. The Morgan fingerprint density at radius 3 is 2.69 bits per heavy atom. The predicted octanol–water partition coefficient (Wildman–Crippen LogP) is 5.86. The van der Waals surface area contributed by atoms with Gasteiger partial charge in [-0.3, -0.25) is 9.59 Å². The standard InChI is InChI=1S/C25H27Cl2N5O2S/c1-5-12-32-23(16(4)28-24(34)19-11-10-18(26)13-20(19)27)30-31-25(32)35-14-21(33)29-22-15(3)8-7-9-17(22)6-2/h5,7-11,13,16H,1,6,12,14H2,2-4H3,(H,28,34)(H,29,33)/t16-/m1/s1. The summed E-state index contributed by atoms with van der Waals surface area (Å²) in [5.74, 6) is 0.213. The van der Waals surface area contributed by atoms with Crippen molar-refractivity contribution in [2.45, 2.75) is 44.9 Å². The number of para-hydroxylation sites is 1. The van der Waals surface area contributed by atoms with E-state index in [0.717, 1.165) is 23.2 Å². The SMILES string of the molecule is C=CCn1c(SCC(=O)Nc2c(C)cccc2CC)nnc1[C@@H](C)NC(=O)c1ccc(Cl)cc1Cl. The number of thioether (sulfide) groups is 1. The van der Waals surface area contributed by atoms with Crippen LogP contribution in [0.15, 0.2) is 54.2 Å². The molecule has 0 aliphatic rings. The zero-order valence-electron chi connectivity index (χ0n) is 19.8. The van der Waals surface area contributed by atoms with E-state index >= 15 is 0 Å². The molecule has 0 spiro atoms. The van der Waals surface area contributed by atoms with Crippen molar-refractivity contribution in [3.63, 3.8) is 0 Å². The molecule has 10 heteroatoms. The van der Waals surface area contributed by atoms with E-state index in [0.29, 0.717) is 28.1 Å². The number of rotatable bonds is 10. The van der Waals surface area contributed by atoms with Crippen molar-refractivity contribution in [1.82, 2.24) is 20.1 Å². The Bertz CT molecular complexity index is 1240. The summed E-state index contributed by atoms with van der Waals surface area (Å²) >= 11 is 13.4. The molecule has 2 aromatic carbocycles. The molecule has 0 saturated heterocycles. The summed E-state index contributed by atoms with van der Waals surface area (Å²) in [5, 5.41) is 15.7. The molecular formula is C25H27Cl2N5O2S. The molecular weight excluding hydrogens is 505 g/mol. The number of carbonyl (C=O) groups excluding carboxylic acids is 2. The Hall–Kier alpha value is -2.81. The maximum atomic E-state index is 12.7. The van der Waals surface area contributed by atoms with Gasteiger partial charge in [-0.2, -0.15) is 0 Å². The van der Waals surface area contributed by atoms with Crippen LogP contribution < -0.4 is 10.6 Å². The van der Waals surface area contributed by atoms with Gasteiger partial charge in [0, 0.05) is 17.3 Å². The van der Waals surface area contributed by atoms with Crippen LogP contribution in [0.1, 0.15) is 47.2 Å². The Balaban J connectivity index is 1.70. The number of anilines is 1. The van der Waals surface area contributed by atoms with Gasteiger partial charge in [0.1, 0.15) is 0 Å². The summed E-state index contributed by atoms with van der Waals surface area (Å²) in [4.78, 5) is 25.4. The maximum absolute atomic E-state index is 12.7. The third kappa shape index (κ3) is 6.66. The van der Waals surface area contributed by atoms with E-state index in [-0.39, 0.29) is 22.6 Å². The number of halogens is 2. The van der Waals surface area contributed by atoms with Crippen molar-refractivity contribution < 1.29 is 9.59 Å². The highest BCUT2D eigenvalue weighted by molar-refractivity contribution is 7.99. The van der Waals surface area contributed by atoms with Crippen LogP contribution >= 0.6 is 35.0 Å². The van der Waals surface area contributed by atoms with Crippen LogP contribution in [0.3, 0.4) is 0 Å². The fraction of sp³-hybridized carbons (Fsp3) is 0.280. The fourth-order valence-corrected chi connectivity index (χ4v) is 4.80. The molecule has 0 saturated carbocycles. The van der Waals surface area contributed by atoms with E-state index in [9.17, 15) is 9.59 Å². The number of benzene rings is 2. The Labute approximate surface area is 219 Å². The average Bonchev–Trinajstić information content (AvgIpc) is 3.21. The lowest BCUT2D eigenvalue weighted by molar-refractivity contribution is -0.113. The number of aromatic nitrogens is 3. The molecule has 1 atom stereocenters. The van der Waals surface area contributed by atoms with Crippen molar-refractivity contribution in [3.8, 4) is 0 Å². The maximum Gasteiger partial charge on any atom is 0.253 e. The first kappa shape index (κ1) is 26.8. The van der Waals surface area contributed by atoms with Gasteiger partial charge in [0.2, 0.25) is 5.91 Å². The lowest BCUT2D eigenvalue weighted by atomic mass is 10.1. The molecule has 2 amide bonds. The van der Waals surface area contributed by atoms with Crippen LogP contribution in [0, 0.1) is 6.92 Å². The Morgan fingerprint density at radius 2 is 2.00 bits per heavy atom. The number of hydrogen-bond donors (Lipinski definition) is 2. The minimum absolute atomic E-state index is 0.132. The van der Waals surface area contributed by atoms with E-state index < -0.39 is 6.04 Å². The minimum Gasteiger partial charge on any atom is -0.342 e. The zero-order valence-corrected chi connectivity index (χ0v) is 22.1. The van der Waals surface area contributed by atoms with Crippen LogP contribution in [0.25, 0.3) is 0 Å². The molecule has 1 heterocycles. The highest BCUT2D eigenvalue weighted by Gasteiger charge is 2.21. The van der Waals surface area contributed by atoms with Crippen LogP contribution in [-0.4, -0.2) is 32.3 Å². The lowest BCUT2D eigenvalue weighted by Crippen LogP contribution is -2.29. The molecule has 35 heavy (non-hydrogen) atoms. The first-order chi connectivity index (χ1) is 16.7. The van der Waals surface area contributed by atoms with E-state index in [1.54, 1.807) is 25.1 Å². The second kappa shape index (κ2) is 12.2. The van der Waals surface area contributed by atoms with Gasteiger partial charge < -0.3 is 15.2 Å². The molecule has 184 valence electrons. The monoisotopic (exact) mass is 531 g/mol. The highest BCUT2D eigenvalue weighted by Crippen LogP contribution is 2.25. The Kier molecular flexibility index (Phi) is 9.37. The quantitative estimate of drug-likeness (QED) is 0.252. The number of nitrogens with zero attached hydrogens (tertiary/aromatic N) is 3. The summed E-state index contributed by atoms with van der Waals surface area (Å²) in [6.07, 6.45) is 2.54. The summed E-state index contributed by atoms with van der Waals surface area (Å²) in [5.41, 5.74) is 3.27. The van der Waals surface area contributed by atoms with Crippen LogP contribution in [0.4, 0.5) is 5.69 Å². The first-order valence-corrected chi connectivity index (χ1v) is 12.8. The Morgan fingerprint density at radius 1 is 1.23 bits per heavy atom. The van der Waals surface area contributed by atoms with Crippen LogP contribution in [0.5, 0.6) is 0 Å². The van der Waals surface area contributed by atoms with Gasteiger partial charge in [-0.05, 0) is 49.6 Å². The molecule has 0 bridgehead atoms. The van der Waals surface area contributed by atoms with Crippen molar-refractivity contribution in [2.24, 2.45) is 0 Å².